The van der Waals surface area contributed by atoms with E-state index in [2.05, 4.69) is 20.6 Å². The Morgan fingerprint density at radius 3 is 2.47 bits per heavy atom. The highest BCUT2D eigenvalue weighted by molar-refractivity contribution is 6.43. The van der Waals surface area contributed by atoms with Gasteiger partial charge in [0.25, 0.3) is 0 Å². The molecule has 1 aliphatic carbocycles. The minimum Gasteiger partial charge on any atom is -0.426 e. The number of amides is 2. The predicted molar refractivity (Wildman–Crippen MR) is 128 cm³/mol. The van der Waals surface area contributed by atoms with Crippen molar-refractivity contribution in [2.45, 2.75) is 50.9 Å². The number of nitrogens with zero attached hydrogens (tertiary/aromatic N) is 2. The Kier molecular flexibility index (Phi) is 13.9. The van der Waals surface area contributed by atoms with Gasteiger partial charge in [-0.1, -0.05) is 18.9 Å². The van der Waals surface area contributed by atoms with Crippen LogP contribution in [0.1, 0.15) is 44.1 Å². The molecule has 0 saturated heterocycles. The molecule has 8 N–H and O–H groups in total. The van der Waals surface area contributed by atoms with Gasteiger partial charge in [0, 0.05) is 25.5 Å². The Labute approximate surface area is 201 Å². The Morgan fingerprint density at radius 1 is 1.22 bits per heavy atom. The summed E-state index contributed by atoms with van der Waals surface area (Å²) in [6, 6.07) is 3.75. The Hall–Kier alpha value is -2.08. The molecule has 1 aromatic heterocycles. The molecule has 13 heteroatoms. The van der Waals surface area contributed by atoms with Crippen molar-refractivity contribution in [2.24, 2.45) is 21.9 Å². The van der Waals surface area contributed by atoms with Gasteiger partial charge in [-0.3, -0.25) is 19.6 Å². The van der Waals surface area contributed by atoms with E-state index < -0.39 is 24.4 Å². The fraction of sp³-hybridized carbons (Fsp3) is 0.579. The van der Waals surface area contributed by atoms with E-state index in [1.807, 2.05) is 12.1 Å². The third-order valence-corrected chi connectivity index (χ3v) is 5.39. The summed E-state index contributed by atoms with van der Waals surface area (Å²) in [5.74, 6) is -1.76. The van der Waals surface area contributed by atoms with Crippen LogP contribution in [-0.2, 0) is 16.0 Å². The van der Waals surface area contributed by atoms with E-state index in [9.17, 15) is 19.6 Å². The first-order chi connectivity index (χ1) is 14.3. The highest BCUT2D eigenvalue weighted by atomic mass is 35.5. The van der Waals surface area contributed by atoms with Crippen LogP contribution in [0.15, 0.2) is 29.5 Å². The maximum absolute atomic E-state index is 13.0. The largest absolute Gasteiger partial charge is 0.475 e. The van der Waals surface area contributed by atoms with E-state index in [1.54, 1.807) is 12.4 Å². The van der Waals surface area contributed by atoms with Crippen LogP contribution in [0.25, 0.3) is 0 Å². The molecule has 1 fully saturated rings. The number of halogens is 2. The SMILES string of the molecule is Cl.Cl.NC(N)=NCCC[C@H](NC(=O)C1(C(=O)NCCc2cccnc2)CCCC1)B(O)O. The number of hydrogen-bond acceptors (Lipinski definition) is 6. The van der Waals surface area contributed by atoms with Crippen molar-refractivity contribution in [1.29, 1.82) is 0 Å². The van der Waals surface area contributed by atoms with Gasteiger partial charge in [-0.2, -0.15) is 0 Å². The molecular weight excluding hydrogens is 458 g/mol. The smallest absolute Gasteiger partial charge is 0.426 e. The van der Waals surface area contributed by atoms with Gasteiger partial charge in [-0.05, 0) is 43.7 Å². The fourth-order valence-corrected chi connectivity index (χ4v) is 3.69. The second-order valence-electron chi connectivity index (χ2n) is 7.60. The minimum atomic E-state index is -1.75. The van der Waals surface area contributed by atoms with Gasteiger partial charge < -0.3 is 32.1 Å². The van der Waals surface area contributed by atoms with Gasteiger partial charge >= 0.3 is 7.12 Å². The highest BCUT2D eigenvalue weighted by Crippen LogP contribution is 2.38. The van der Waals surface area contributed by atoms with Crippen LogP contribution in [0.4, 0.5) is 0 Å². The molecule has 10 nitrogen and oxygen atoms in total. The molecule has 1 heterocycles. The zero-order valence-corrected chi connectivity index (χ0v) is 19.5. The molecule has 2 amide bonds. The monoisotopic (exact) mass is 490 g/mol. The van der Waals surface area contributed by atoms with Crippen LogP contribution in [-0.4, -0.2) is 59.0 Å². The molecule has 0 aliphatic heterocycles. The Balaban J connectivity index is 0.00000480. The molecule has 0 radical (unpaired) electrons. The molecule has 180 valence electrons. The van der Waals surface area contributed by atoms with Gasteiger partial charge in [-0.15, -0.1) is 24.8 Å². The number of aromatic nitrogens is 1. The van der Waals surface area contributed by atoms with Crippen LogP contribution in [0.2, 0.25) is 0 Å². The summed E-state index contributed by atoms with van der Waals surface area (Å²) in [7, 11) is -1.75. The van der Waals surface area contributed by atoms with E-state index in [4.69, 9.17) is 11.5 Å². The zero-order chi connectivity index (χ0) is 22.0. The van der Waals surface area contributed by atoms with Crippen molar-refractivity contribution in [3.05, 3.63) is 30.1 Å². The quantitative estimate of drug-likeness (QED) is 0.0809. The summed E-state index contributed by atoms with van der Waals surface area (Å²) in [4.78, 5) is 33.8. The van der Waals surface area contributed by atoms with E-state index in [0.29, 0.717) is 38.8 Å². The van der Waals surface area contributed by atoms with Crippen molar-refractivity contribution < 1.29 is 19.6 Å². The molecule has 1 aromatic rings. The normalized spacial score (nSPS) is 14.8. The third kappa shape index (κ3) is 8.81. The van der Waals surface area contributed by atoms with Gasteiger partial charge in [0.1, 0.15) is 5.41 Å². The van der Waals surface area contributed by atoms with Gasteiger partial charge in [-0.25, -0.2) is 0 Å². The van der Waals surface area contributed by atoms with Crippen LogP contribution in [0.5, 0.6) is 0 Å². The molecule has 1 atom stereocenters. The predicted octanol–water partition coefficient (Wildman–Crippen LogP) is -0.305. The summed E-state index contributed by atoms with van der Waals surface area (Å²) in [5.41, 5.74) is 10.3. The number of nitrogens with one attached hydrogen (secondary N) is 2. The molecule has 0 bridgehead atoms. The maximum Gasteiger partial charge on any atom is 0.475 e. The van der Waals surface area contributed by atoms with Crippen molar-refractivity contribution in [3.63, 3.8) is 0 Å². The number of hydrogen-bond donors (Lipinski definition) is 6. The molecule has 1 saturated carbocycles. The number of aliphatic imine (C=N–C) groups is 1. The van der Waals surface area contributed by atoms with Crippen molar-refractivity contribution in [1.82, 2.24) is 15.6 Å². The lowest BCUT2D eigenvalue weighted by Crippen LogP contribution is -2.56. The first-order valence-corrected chi connectivity index (χ1v) is 10.2. The summed E-state index contributed by atoms with van der Waals surface area (Å²) < 4.78 is 0. The Morgan fingerprint density at radius 2 is 1.91 bits per heavy atom. The lowest BCUT2D eigenvalue weighted by atomic mass is 9.75. The number of rotatable bonds is 11. The first-order valence-electron chi connectivity index (χ1n) is 10.2. The molecule has 2 rings (SSSR count). The molecule has 32 heavy (non-hydrogen) atoms. The number of pyridine rings is 1. The van der Waals surface area contributed by atoms with Crippen LogP contribution in [0, 0.1) is 5.41 Å². The van der Waals surface area contributed by atoms with E-state index in [-0.39, 0.29) is 43.1 Å². The van der Waals surface area contributed by atoms with Crippen molar-refractivity contribution in [2.75, 3.05) is 13.1 Å². The van der Waals surface area contributed by atoms with Gasteiger partial charge in [0.05, 0.1) is 5.94 Å². The molecule has 0 unspecified atom stereocenters. The van der Waals surface area contributed by atoms with E-state index in [0.717, 1.165) is 18.4 Å². The fourth-order valence-electron chi connectivity index (χ4n) is 3.69. The highest BCUT2D eigenvalue weighted by Gasteiger charge is 2.48. The molecule has 1 aliphatic rings. The first kappa shape index (κ1) is 29.9. The van der Waals surface area contributed by atoms with Crippen LogP contribution < -0.4 is 22.1 Å². The lowest BCUT2D eigenvalue weighted by Gasteiger charge is -2.29. The topological polar surface area (TPSA) is 176 Å². The van der Waals surface area contributed by atoms with Crippen LogP contribution in [0.3, 0.4) is 0 Å². The zero-order valence-electron chi connectivity index (χ0n) is 17.9. The summed E-state index contributed by atoms with van der Waals surface area (Å²) in [6.07, 6.45) is 7.13. The Bertz CT molecular complexity index is 732. The number of guanidine groups is 1. The molecule has 0 aromatic carbocycles. The standard InChI is InChI=1S/C19H31BN6O4.2ClH/c21-18(22)25-11-4-6-15(20(29)30)26-17(28)19(8-1-2-9-19)16(27)24-12-7-14-5-3-10-23-13-14;;/h3,5,10,13,15,29-30H,1-2,4,6-9,11-12H2,(H,24,27)(H,26,28)(H4,21,22,25);2*1H/t15-;;/m0../s1. The van der Waals surface area contributed by atoms with E-state index in [1.165, 1.54) is 0 Å². The minimum absolute atomic E-state index is 0. The average Bonchev–Trinajstić information content (AvgIpc) is 3.22. The van der Waals surface area contributed by atoms with Crippen molar-refractivity contribution in [3.8, 4) is 0 Å². The van der Waals surface area contributed by atoms with Gasteiger partial charge in [0.2, 0.25) is 11.8 Å². The third-order valence-electron chi connectivity index (χ3n) is 5.39. The average molecular weight is 491 g/mol. The number of nitrogens with two attached hydrogens (primary N) is 2. The maximum atomic E-state index is 13.0. The number of carbonyl (C=O) groups is 2. The number of carbonyl (C=O) groups excluding carboxylic acids is 2. The summed E-state index contributed by atoms with van der Waals surface area (Å²) in [6.45, 7) is 0.700. The van der Waals surface area contributed by atoms with Crippen LogP contribution >= 0.6 is 24.8 Å². The van der Waals surface area contributed by atoms with Crippen molar-refractivity contribution >= 4 is 49.7 Å². The van der Waals surface area contributed by atoms with E-state index >= 15 is 0 Å². The van der Waals surface area contributed by atoms with Gasteiger partial charge in [0.15, 0.2) is 5.96 Å². The molecule has 0 spiro atoms. The second-order valence-corrected chi connectivity index (χ2v) is 7.60. The molecular formula is C19H33BCl2N6O4. The summed E-state index contributed by atoms with van der Waals surface area (Å²) >= 11 is 0. The second kappa shape index (κ2) is 14.9. The summed E-state index contributed by atoms with van der Waals surface area (Å²) in [5, 5.41) is 24.8. The lowest BCUT2D eigenvalue weighted by molar-refractivity contribution is -0.143.